The maximum atomic E-state index is 13.4. The van der Waals surface area contributed by atoms with Crippen LogP contribution in [0.15, 0.2) is 36.4 Å². The van der Waals surface area contributed by atoms with Crippen molar-refractivity contribution < 1.29 is 4.39 Å². The van der Waals surface area contributed by atoms with Crippen LogP contribution in [-0.2, 0) is 0 Å². The van der Waals surface area contributed by atoms with Crippen molar-refractivity contribution in [2.24, 2.45) is 0 Å². The van der Waals surface area contributed by atoms with Crippen molar-refractivity contribution in [2.75, 3.05) is 0 Å². The Kier molecular flexibility index (Phi) is 2.93. The van der Waals surface area contributed by atoms with Gasteiger partial charge in [0, 0.05) is 0 Å². The molecule has 2 rings (SSSR count). The third-order valence-corrected chi connectivity index (χ3v) is 2.58. The molecule has 2 aromatic rings. The number of benzene rings is 2. The van der Waals surface area contributed by atoms with Crippen LogP contribution in [0.5, 0.6) is 0 Å². The molecule has 0 unspecified atom stereocenters. The van der Waals surface area contributed by atoms with Crippen molar-refractivity contribution >= 4 is 0 Å². The maximum absolute atomic E-state index is 13.4. The lowest BCUT2D eigenvalue weighted by molar-refractivity contribution is 0.628. The van der Waals surface area contributed by atoms with Gasteiger partial charge < -0.3 is 0 Å². The van der Waals surface area contributed by atoms with Crippen molar-refractivity contribution in [1.29, 1.82) is 5.26 Å². The van der Waals surface area contributed by atoms with Gasteiger partial charge in [0.2, 0.25) is 0 Å². The molecular formula is C15H12FN. The monoisotopic (exact) mass is 225 g/mol. The number of aryl methyl sites for hydroxylation is 2. The van der Waals surface area contributed by atoms with Gasteiger partial charge in [-0.15, -0.1) is 0 Å². The standard InChI is InChI=1S/C15H12FN/c1-10-3-11(2)5-13(4-10)14-6-12(9-17)7-15(16)8-14/h3-8H,1-2H3. The summed E-state index contributed by atoms with van der Waals surface area (Å²) in [5, 5.41) is 8.83. The summed E-state index contributed by atoms with van der Waals surface area (Å²) in [5.74, 6) is -0.377. The van der Waals surface area contributed by atoms with E-state index in [0.29, 0.717) is 5.56 Å². The Labute approximate surface area is 100 Å². The summed E-state index contributed by atoms with van der Waals surface area (Å²) in [5.41, 5.74) is 4.29. The van der Waals surface area contributed by atoms with E-state index in [-0.39, 0.29) is 5.82 Å². The molecule has 0 spiro atoms. The number of rotatable bonds is 1. The molecule has 0 aliphatic carbocycles. The molecule has 17 heavy (non-hydrogen) atoms. The van der Waals surface area contributed by atoms with Crippen molar-refractivity contribution in [2.45, 2.75) is 13.8 Å². The van der Waals surface area contributed by atoms with Crippen LogP contribution < -0.4 is 0 Å². The smallest absolute Gasteiger partial charge is 0.125 e. The van der Waals surface area contributed by atoms with Crippen LogP contribution in [-0.4, -0.2) is 0 Å². The molecule has 0 aliphatic heterocycles. The lowest BCUT2D eigenvalue weighted by atomic mass is 9.99. The molecular weight excluding hydrogens is 213 g/mol. The zero-order chi connectivity index (χ0) is 12.4. The zero-order valence-electron chi connectivity index (χ0n) is 9.79. The second-order valence-corrected chi connectivity index (χ2v) is 4.22. The fraction of sp³-hybridized carbons (Fsp3) is 0.133. The van der Waals surface area contributed by atoms with Crippen LogP contribution in [0.1, 0.15) is 16.7 Å². The molecule has 0 aliphatic rings. The molecule has 0 saturated heterocycles. The van der Waals surface area contributed by atoms with Gasteiger partial charge in [-0.3, -0.25) is 0 Å². The average molecular weight is 225 g/mol. The van der Waals surface area contributed by atoms with Crippen molar-refractivity contribution in [3.05, 3.63) is 58.9 Å². The van der Waals surface area contributed by atoms with E-state index in [4.69, 9.17) is 5.26 Å². The first-order valence-corrected chi connectivity index (χ1v) is 5.38. The largest absolute Gasteiger partial charge is 0.207 e. The van der Waals surface area contributed by atoms with Crippen LogP contribution in [0.2, 0.25) is 0 Å². The molecule has 0 saturated carbocycles. The number of nitriles is 1. The van der Waals surface area contributed by atoms with E-state index < -0.39 is 0 Å². The SMILES string of the molecule is Cc1cc(C)cc(-c2cc(F)cc(C#N)c2)c1. The van der Waals surface area contributed by atoms with Crippen molar-refractivity contribution in [3.63, 3.8) is 0 Å². The predicted octanol–water partition coefficient (Wildman–Crippen LogP) is 3.98. The second-order valence-electron chi connectivity index (χ2n) is 4.22. The molecule has 2 aromatic carbocycles. The van der Waals surface area contributed by atoms with Gasteiger partial charge in [-0.25, -0.2) is 4.39 Å². The van der Waals surface area contributed by atoms with Crippen LogP contribution >= 0.6 is 0 Å². The molecule has 0 aromatic heterocycles. The molecule has 0 N–H and O–H groups in total. The molecule has 0 radical (unpaired) electrons. The van der Waals surface area contributed by atoms with Gasteiger partial charge in [-0.2, -0.15) is 5.26 Å². The lowest BCUT2D eigenvalue weighted by Crippen LogP contribution is -1.86. The molecule has 0 fully saturated rings. The summed E-state index contributed by atoms with van der Waals surface area (Å²) in [7, 11) is 0. The third-order valence-electron chi connectivity index (χ3n) is 2.58. The fourth-order valence-electron chi connectivity index (χ4n) is 1.96. The highest BCUT2D eigenvalue weighted by Gasteiger charge is 2.04. The summed E-state index contributed by atoms with van der Waals surface area (Å²) in [6.45, 7) is 4.00. The van der Waals surface area contributed by atoms with E-state index in [9.17, 15) is 4.39 Å². The molecule has 84 valence electrons. The van der Waals surface area contributed by atoms with Gasteiger partial charge in [0.25, 0.3) is 0 Å². The maximum Gasteiger partial charge on any atom is 0.125 e. The number of hydrogen-bond donors (Lipinski definition) is 0. The quantitative estimate of drug-likeness (QED) is 0.720. The first kappa shape index (κ1) is 11.3. The number of hydrogen-bond acceptors (Lipinski definition) is 1. The lowest BCUT2D eigenvalue weighted by Gasteiger charge is -2.06. The summed E-state index contributed by atoms with van der Waals surface area (Å²) in [4.78, 5) is 0. The Morgan fingerprint density at radius 2 is 1.47 bits per heavy atom. The van der Waals surface area contributed by atoms with E-state index in [1.165, 1.54) is 12.1 Å². The molecule has 1 nitrogen and oxygen atoms in total. The summed E-state index contributed by atoms with van der Waals surface area (Å²) in [6.07, 6.45) is 0. The predicted molar refractivity (Wildman–Crippen MR) is 66.0 cm³/mol. The molecule has 2 heteroatoms. The Bertz CT molecular complexity index is 589. The van der Waals surface area contributed by atoms with Crippen molar-refractivity contribution in [1.82, 2.24) is 0 Å². The van der Waals surface area contributed by atoms with Crippen LogP contribution in [0.4, 0.5) is 4.39 Å². The highest BCUT2D eigenvalue weighted by molar-refractivity contribution is 5.66. The molecule has 0 atom stereocenters. The van der Waals surface area contributed by atoms with E-state index >= 15 is 0 Å². The van der Waals surface area contributed by atoms with Crippen LogP contribution in [0.25, 0.3) is 11.1 Å². The van der Waals surface area contributed by atoms with E-state index in [0.717, 1.165) is 22.3 Å². The molecule has 0 amide bonds. The van der Waals surface area contributed by atoms with Crippen LogP contribution in [0, 0.1) is 31.0 Å². The van der Waals surface area contributed by atoms with Gasteiger partial charge in [0.15, 0.2) is 0 Å². The van der Waals surface area contributed by atoms with Gasteiger partial charge >= 0.3 is 0 Å². The minimum Gasteiger partial charge on any atom is -0.207 e. The first-order chi connectivity index (χ1) is 8.08. The number of nitrogens with zero attached hydrogens (tertiary/aromatic N) is 1. The van der Waals surface area contributed by atoms with Gasteiger partial charge in [0.1, 0.15) is 5.82 Å². The van der Waals surface area contributed by atoms with Crippen molar-refractivity contribution in [3.8, 4) is 17.2 Å². The summed E-state index contributed by atoms with van der Waals surface area (Å²) >= 11 is 0. The molecule has 0 heterocycles. The molecule has 0 bridgehead atoms. The fourth-order valence-corrected chi connectivity index (χ4v) is 1.96. The summed E-state index contributed by atoms with van der Waals surface area (Å²) < 4.78 is 13.4. The minimum atomic E-state index is -0.377. The second kappa shape index (κ2) is 4.39. The zero-order valence-corrected chi connectivity index (χ0v) is 9.79. The average Bonchev–Trinajstić information content (AvgIpc) is 2.26. The third kappa shape index (κ3) is 2.51. The highest BCUT2D eigenvalue weighted by Crippen LogP contribution is 2.24. The Balaban J connectivity index is 2.60. The Morgan fingerprint density at radius 1 is 0.882 bits per heavy atom. The van der Waals surface area contributed by atoms with E-state index in [1.807, 2.05) is 32.0 Å². The first-order valence-electron chi connectivity index (χ1n) is 5.38. The van der Waals surface area contributed by atoms with Gasteiger partial charge in [0.05, 0.1) is 11.6 Å². The van der Waals surface area contributed by atoms with Gasteiger partial charge in [-0.1, -0.05) is 29.3 Å². The van der Waals surface area contributed by atoms with Crippen LogP contribution in [0.3, 0.4) is 0 Å². The van der Waals surface area contributed by atoms with E-state index in [2.05, 4.69) is 6.07 Å². The minimum absolute atomic E-state index is 0.346. The normalized spacial score (nSPS) is 10.0. The van der Waals surface area contributed by atoms with Gasteiger partial charge in [-0.05, 0) is 43.2 Å². The summed E-state index contributed by atoms with van der Waals surface area (Å²) in [6, 6.07) is 12.4. The Hall–Kier alpha value is -2.14. The number of halogens is 1. The Morgan fingerprint density at radius 3 is 2.06 bits per heavy atom. The van der Waals surface area contributed by atoms with E-state index in [1.54, 1.807) is 6.07 Å². The highest BCUT2D eigenvalue weighted by atomic mass is 19.1. The topological polar surface area (TPSA) is 23.8 Å².